The zero-order valence-corrected chi connectivity index (χ0v) is 17.5. The van der Waals surface area contributed by atoms with Crippen molar-refractivity contribution in [3.8, 4) is 23.0 Å². The van der Waals surface area contributed by atoms with Gasteiger partial charge in [-0.3, -0.25) is 9.59 Å². The average molecular weight is 418 g/mol. The molecule has 1 aliphatic heterocycles. The highest BCUT2D eigenvalue weighted by atomic mass is 16.5. The Bertz CT molecular complexity index is 1160. The first-order chi connectivity index (χ1) is 15.0. The minimum absolute atomic E-state index is 0.201. The van der Waals surface area contributed by atoms with Gasteiger partial charge in [0.2, 0.25) is 0 Å². The van der Waals surface area contributed by atoms with Gasteiger partial charge in [-0.15, -0.1) is 0 Å². The van der Waals surface area contributed by atoms with E-state index in [0.29, 0.717) is 39.8 Å². The summed E-state index contributed by atoms with van der Waals surface area (Å²) in [5.41, 5.74) is 2.19. The molecule has 0 atom stereocenters. The molecule has 0 saturated heterocycles. The van der Waals surface area contributed by atoms with E-state index < -0.39 is 0 Å². The van der Waals surface area contributed by atoms with Gasteiger partial charge in [0.15, 0.2) is 5.75 Å². The summed E-state index contributed by atoms with van der Waals surface area (Å²) >= 11 is 0. The Morgan fingerprint density at radius 3 is 2.58 bits per heavy atom. The Kier molecular flexibility index (Phi) is 5.49. The van der Waals surface area contributed by atoms with Crippen LogP contribution in [0.2, 0.25) is 0 Å². The lowest BCUT2D eigenvalue weighted by Gasteiger charge is -2.17. The SMILES string of the molecule is COc1ccc(OC)c(CNC(=O)c2ccc3c(c2)N(C)C(=O)c2ccccc2O3)c1. The molecule has 1 N–H and O–H groups in total. The third-order valence-electron chi connectivity index (χ3n) is 5.15. The molecule has 0 fully saturated rings. The maximum Gasteiger partial charge on any atom is 0.261 e. The molecule has 0 spiro atoms. The van der Waals surface area contributed by atoms with Crippen LogP contribution in [0.25, 0.3) is 0 Å². The predicted molar refractivity (Wildman–Crippen MR) is 116 cm³/mol. The first kappa shape index (κ1) is 20.3. The number of fused-ring (bicyclic) bond motifs is 2. The topological polar surface area (TPSA) is 77.1 Å². The quantitative estimate of drug-likeness (QED) is 0.677. The molecule has 158 valence electrons. The molecular formula is C24H22N2O5. The highest BCUT2D eigenvalue weighted by molar-refractivity contribution is 6.10. The van der Waals surface area contributed by atoms with Crippen molar-refractivity contribution in [2.45, 2.75) is 6.54 Å². The van der Waals surface area contributed by atoms with Gasteiger partial charge in [0.1, 0.15) is 17.2 Å². The number of carbonyl (C=O) groups is 2. The largest absolute Gasteiger partial charge is 0.497 e. The van der Waals surface area contributed by atoms with Crippen LogP contribution < -0.4 is 24.4 Å². The summed E-state index contributed by atoms with van der Waals surface area (Å²) in [5.74, 6) is 1.84. The van der Waals surface area contributed by atoms with Crippen molar-refractivity contribution in [1.82, 2.24) is 5.32 Å². The smallest absolute Gasteiger partial charge is 0.261 e. The van der Waals surface area contributed by atoms with E-state index in [1.165, 1.54) is 4.90 Å². The summed E-state index contributed by atoms with van der Waals surface area (Å²) in [6.45, 7) is 0.257. The Hall–Kier alpha value is -4.00. The second kappa shape index (κ2) is 8.39. The van der Waals surface area contributed by atoms with Gasteiger partial charge in [0.05, 0.1) is 25.5 Å². The van der Waals surface area contributed by atoms with Gasteiger partial charge in [0.25, 0.3) is 11.8 Å². The average Bonchev–Trinajstić information content (AvgIpc) is 2.91. The molecule has 31 heavy (non-hydrogen) atoms. The Morgan fingerprint density at radius 1 is 1.00 bits per heavy atom. The van der Waals surface area contributed by atoms with E-state index in [1.807, 2.05) is 12.1 Å². The minimum Gasteiger partial charge on any atom is -0.497 e. The maximum absolute atomic E-state index is 12.8. The van der Waals surface area contributed by atoms with Crippen LogP contribution in [0.4, 0.5) is 5.69 Å². The van der Waals surface area contributed by atoms with Crippen molar-refractivity contribution < 1.29 is 23.8 Å². The standard InChI is InChI=1S/C24H22N2O5/c1-26-19-13-15(8-10-22(19)31-21-7-5-4-6-18(21)24(26)28)23(27)25-14-16-12-17(29-2)9-11-20(16)30-3/h4-13H,14H2,1-3H3,(H,25,27). The van der Waals surface area contributed by atoms with Crippen LogP contribution in [0.5, 0.6) is 23.0 Å². The lowest BCUT2D eigenvalue weighted by atomic mass is 10.1. The second-order valence-corrected chi connectivity index (χ2v) is 7.01. The lowest BCUT2D eigenvalue weighted by Crippen LogP contribution is -2.26. The number of hydrogen-bond donors (Lipinski definition) is 1. The molecular weight excluding hydrogens is 396 g/mol. The van der Waals surface area contributed by atoms with Gasteiger partial charge in [-0.2, -0.15) is 0 Å². The molecule has 2 amide bonds. The molecule has 0 unspecified atom stereocenters. The van der Waals surface area contributed by atoms with Crippen molar-refractivity contribution in [2.24, 2.45) is 0 Å². The first-order valence-electron chi connectivity index (χ1n) is 9.70. The van der Waals surface area contributed by atoms with Gasteiger partial charge in [-0.25, -0.2) is 0 Å². The van der Waals surface area contributed by atoms with Crippen molar-refractivity contribution in [3.63, 3.8) is 0 Å². The molecule has 4 rings (SSSR count). The molecule has 0 aliphatic carbocycles. The van der Waals surface area contributed by atoms with Crippen LogP contribution in [-0.2, 0) is 6.54 Å². The minimum atomic E-state index is -0.282. The Balaban J connectivity index is 1.57. The molecule has 7 heteroatoms. The van der Waals surface area contributed by atoms with E-state index in [0.717, 1.165) is 5.56 Å². The Morgan fingerprint density at radius 2 is 1.81 bits per heavy atom. The fourth-order valence-electron chi connectivity index (χ4n) is 3.45. The maximum atomic E-state index is 12.8. The fourth-order valence-corrected chi connectivity index (χ4v) is 3.45. The van der Waals surface area contributed by atoms with E-state index in [4.69, 9.17) is 14.2 Å². The zero-order valence-electron chi connectivity index (χ0n) is 17.5. The predicted octanol–water partition coefficient (Wildman–Crippen LogP) is 4.02. The van der Waals surface area contributed by atoms with Gasteiger partial charge >= 0.3 is 0 Å². The number of nitrogens with one attached hydrogen (secondary N) is 1. The number of rotatable bonds is 5. The summed E-state index contributed by atoms with van der Waals surface area (Å²) in [7, 11) is 4.82. The van der Waals surface area contributed by atoms with Crippen LogP contribution in [0.3, 0.4) is 0 Å². The van der Waals surface area contributed by atoms with Crippen molar-refractivity contribution in [2.75, 3.05) is 26.2 Å². The number of hydrogen-bond acceptors (Lipinski definition) is 5. The van der Waals surface area contributed by atoms with Crippen molar-refractivity contribution in [1.29, 1.82) is 0 Å². The van der Waals surface area contributed by atoms with Gasteiger partial charge in [0, 0.05) is 24.7 Å². The van der Waals surface area contributed by atoms with E-state index in [9.17, 15) is 9.59 Å². The monoisotopic (exact) mass is 418 g/mol. The number of amides is 2. The molecule has 3 aromatic rings. The normalized spacial score (nSPS) is 12.2. The highest BCUT2D eigenvalue weighted by Crippen LogP contribution is 2.38. The van der Waals surface area contributed by atoms with Crippen LogP contribution in [-0.4, -0.2) is 33.1 Å². The van der Waals surface area contributed by atoms with E-state index >= 15 is 0 Å². The second-order valence-electron chi connectivity index (χ2n) is 7.01. The third kappa shape index (κ3) is 3.90. The number of ether oxygens (including phenoxy) is 3. The van der Waals surface area contributed by atoms with Crippen LogP contribution in [0, 0.1) is 0 Å². The molecule has 3 aromatic carbocycles. The summed E-state index contributed by atoms with van der Waals surface area (Å²) in [6.07, 6.45) is 0. The summed E-state index contributed by atoms with van der Waals surface area (Å²) in [5, 5.41) is 2.89. The van der Waals surface area contributed by atoms with E-state index in [1.54, 1.807) is 69.8 Å². The lowest BCUT2D eigenvalue weighted by molar-refractivity contribution is 0.0948. The summed E-state index contributed by atoms with van der Waals surface area (Å²) in [4.78, 5) is 27.2. The summed E-state index contributed by atoms with van der Waals surface area (Å²) in [6, 6.07) is 17.5. The molecule has 0 saturated carbocycles. The molecule has 0 aromatic heterocycles. The molecule has 0 bridgehead atoms. The number of para-hydroxylation sites is 1. The van der Waals surface area contributed by atoms with Gasteiger partial charge < -0.3 is 24.4 Å². The molecule has 1 heterocycles. The summed E-state index contributed by atoms with van der Waals surface area (Å²) < 4.78 is 16.5. The molecule has 0 radical (unpaired) electrons. The molecule has 1 aliphatic rings. The highest BCUT2D eigenvalue weighted by Gasteiger charge is 2.26. The van der Waals surface area contributed by atoms with Gasteiger partial charge in [-0.1, -0.05) is 12.1 Å². The third-order valence-corrected chi connectivity index (χ3v) is 5.15. The van der Waals surface area contributed by atoms with Crippen LogP contribution >= 0.6 is 0 Å². The number of nitrogens with zero attached hydrogens (tertiary/aromatic N) is 1. The fraction of sp³-hybridized carbons (Fsp3) is 0.167. The van der Waals surface area contributed by atoms with Crippen LogP contribution in [0.1, 0.15) is 26.3 Å². The number of carbonyl (C=O) groups excluding carboxylic acids is 2. The first-order valence-corrected chi connectivity index (χ1v) is 9.70. The van der Waals surface area contributed by atoms with Crippen LogP contribution in [0.15, 0.2) is 60.7 Å². The zero-order chi connectivity index (χ0) is 22.0. The van der Waals surface area contributed by atoms with Gasteiger partial charge in [-0.05, 0) is 48.5 Å². The molecule has 7 nitrogen and oxygen atoms in total. The van der Waals surface area contributed by atoms with E-state index in [2.05, 4.69) is 5.32 Å². The number of anilines is 1. The van der Waals surface area contributed by atoms with Crippen molar-refractivity contribution >= 4 is 17.5 Å². The van der Waals surface area contributed by atoms with E-state index in [-0.39, 0.29) is 18.4 Å². The number of methoxy groups -OCH3 is 2. The number of benzene rings is 3. The Labute approximate surface area is 180 Å². The van der Waals surface area contributed by atoms with Crippen molar-refractivity contribution in [3.05, 3.63) is 77.4 Å².